The molecular formula is C27H38N2O3. The molecule has 0 aromatic heterocycles. The summed E-state index contributed by atoms with van der Waals surface area (Å²) in [6.07, 6.45) is 12.3. The van der Waals surface area contributed by atoms with Gasteiger partial charge in [0.2, 0.25) is 0 Å². The molecule has 0 radical (unpaired) electrons. The Morgan fingerprint density at radius 2 is 1.88 bits per heavy atom. The normalized spacial score (nSPS) is 43.8. The van der Waals surface area contributed by atoms with Crippen molar-refractivity contribution in [1.29, 1.82) is 0 Å². The topological polar surface area (TPSA) is 113 Å². The summed E-state index contributed by atoms with van der Waals surface area (Å²) in [5.74, 6) is 0.789. The maximum absolute atomic E-state index is 12.2. The minimum Gasteiger partial charge on any atom is -0.405 e. The SMILES string of the molecule is CC12CCC3(O)CC4CC(O)CCC4CC[C@]3(O)C1CC=C2c1ccc(/C=C\N)c(N)c1. The van der Waals surface area contributed by atoms with Crippen LogP contribution < -0.4 is 11.5 Å². The fourth-order valence-electron chi connectivity index (χ4n) is 7.86. The van der Waals surface area contributed by atoms with Crippen molar-refractivity contribution in [2.45, 2.75) is 82.0 Å². The number of anilines is 1. The maximum Gasteiger partial charge on any atom is 0.0972 e. The lowest BCUT2D eigenvalue weighted by molar-refractivity contribution is -0.228. The molecule has 4 aliphatic carbocycles. The molecule has 4 aliphatic rings. The molecule has 0 bridgehead atoms. The van der Waals surface area contributed by atoms with Gasteiger partial charge in [-0.3, -0.25) is 0 Å². The van der Waals surface area contributed by atoms with Gasteiger partial charge in [0.25, 0.3) is 0 Å². The van der Waals surface area contributed by atoms with E-state index in [1.165, 1.54) is 11.8 Å². The third-order valence-corrected chi connectivity index (χ3v) is 9.66. The fourth-order valence-corrected chi connectivity index (χ4v) is 7.86. The van der Waals surface area contributed by atoms with Crippen molar-refractivity contribution in [3.63, 3.8) is 0 Å². The van der Waals surface area contributed by atoms with Crippen LogP contribution in [0.1, 0.15) is 75.8 Å². The first kappa shape index (κ1) is 22.0. The van der Waals surface area contributed by atoms with Crippen molar-refractivity contribution in [2.24, 2.45) is 28.9 Å². The first-order chi connectivity index (χ1) is 15.2. The van der Waals surface area contributed by atoms with Crippen molar-refractivity contribution in [2.75, 3.05) is 5.73 Å². The molecule has 174 valence electrons. The van der Waals surface area contributed by atoms with E-state index in [-0.39, 0.29) is 17.4 Å². The molecule has 0 aliphatic heterocycles. The van der Waals surface area contributed by atoms with Crippen LogP contribution in [0.15, 0.2) is 30.5 Å². The van der Waals surface area contributed by atoms with Gasteiger partial charge < -0.3 is 26.8 Å². The first-order valence-corrected chi connectivity index (χ1v) is 12.3. The molecule has 0 saturated heterocycles. The number of aliphatic hydroxyl groups is 3. The molecule has 0 amide bonds. The van der Waals surface area contributed by atoms with Gasteiger partial charge in [-0.05, 0) is 110 Å². The lowest BCUT2D eigenvalue weighted by Gasteiger charge is -2.57. The van der Waals surface area contributed by atoms with Crippen LogP contribution >= 0.6 is 0 Å². The monoisotopic (exact) mass is 438 g/mol. The summed E-state index contributed by atoms with van der Waals surface area (Å²) in [7, 11) is 0. The number of nitrogen functional groups attached to an aromatic ring is 1. The first-order valence-electron chi connectivity index (χ1n) is 12.3. The van der Waals surface area contributed by atoms with E-state index in [0.29, 0.717) is 36.8 Å². The van der Waals surface area contributed by atoms with Crippen LogP contribution in [0.25, 0.3) is 11.6 Å². The Balaban J connectivity index is 1.47. The van der Waals surface area contributed by atoms with Crippen LogP contribution in [0.2, 0.25) is 0 Å². The number of benzene rings is 1. The quantitative estimate of drug-likeness (QED) is 0.451. The lowest BCUT2D eigenvalue weighted by atomic mass is 9.52. The zero-order valence-corrected chi connectivity index (χ0v) is 19.1. The molecular weight excluding hydrogens is 400 g/mol. The van der Waals surface area contributed by atoms with E-state index in [1.54, 1.807) is 6.08 Å². The van der Waals surface area contributed by atoms with Crippen molar-refractivity contribution in [3.05, 3.63) is 41.6 Å². The number of hydrogen-bond acceptors (Lipinski definition) is 5. The van der Waals surface area contributed by atoms with E-state index < -0.39 is 11.2 Å². The minimum atomic E-state index is -1.10. The molecule has 5 rings (SSSR count). The smallest absolute Gasteiger partial charge is 0.0972 e. The van der Waals surface area contributed by atoms with Gasteiger partial charge in [-0.15, -0.1) is 0 Å². The Labute approximate surface area is 191 Å². The maximum atomic E-state index is 12.2. The van der Waals surface area contributed by atoms with E-state index >= 15 is 0 Å². The van der Waals surface area contributed by atoms with Crippen molar-refractivity contribution in [3.8, 4) is 0 Å². The van der Waals surface area contributed by atoms with Crippen LogP contribution in [0, 0.1) is 23.2 Å². The molecule has 7 N–H and O–H groups in total. The van der Waals surface area contributed by atoms with E-state index in [2.05, 4.69) is 19.1 Å². The fraction of sp³-hybridized carbons (Fsp3) is 0.630. The van der Waals surface area contributed by atoms with Gasteiger partial charge in [0.15, 0.2) is 0 Å². The van der Waals surface area contributed by atoms with Crippen LogP contribution in [-0.2, 0) is 0 Å². The Hall–Kier alpha value is -1.82. The van der Waals surface area contributed by atoms with Gasteiger partial charge >= 0.3 is 0 Å². The van der Waals surface area contributed by atoms with Gasteiger partial charge in [-0.1, -0.05) is 25.1 Å². The number of rotatable bonds is 2. The minimum absolute atomic E-state index is 0.0151. The molecule has 7 atom stereocenters. The predicted molar refractivity (Wildman–Crippen MR) is 128 cm³/mol. The number of nitrogens with two attached hydrogens (primary N) is 2. The average Bonchev–Trinajstić information content (AvgIpc) is 3.05. The number of allylic oxidation sites excluding steroid dienone is 2. The third kappa shape index (κ3) is 3.16. The molecule has 6 unspecified atom stereocenters. The number of hydrogen-bond donors (Lipinski definition) is 5. The van der Waals surface area contributed by atoms with E-state index in [1.807, 2.05) is 12.1 Å². The second-order valence-electron chi connectivity index (χ2n) is 11.2. The van der Waals surface area contributed by atoms with E-state index in [4.69, 9.17) is 11.5 Å². The second kappa shape index (κ2) is 7.61. The molecule has 1 aromatic carbocycles. The summed E-state index contributed by atoms with van der Waals surface area (Å²) in [4.78, 5) is 0. The highest BCUT2D eigenvalue weighted by molar-refractivity contribution is 5.78. The summed E-state index contributed by atoms with van der Waals surface area (Å²) in [6, 6.07) is 6.11. The zero-order chi connectivity index (χ0) is 22.7. The lowest BCUT2D eigenvalue weighted by Crippen LogP contribution is -2.64. The predicted octanol–water partition coefficient (Wildman–Crippen LogP) is 3.82. The molecule has 3 saturated carbocycles. The van der Waals surface area contributed by atoms with Gasteiger partial charge in [0.05, 0.1) is 17.3 Å². The van der Waals surface area contributed by atoms with Gasteiger partial charge in [0.1, 0.15) is 0 Å². The largest absolute Gasteiger partial charge is 0.405 e. The van der Waals surface area contributed by atoms with Gasteiger partial charge in [0, 0.05) is 11.6 Å². The number of aliphatic hydroxyl groups excluding tert-OH is 1. The highest BCUT2D eigenvalue weighted by Gasteiger charge is 2.65. The highest BCUT2D eigenvalue weighted by atomic mass is 16.4. The van der Waals surface area contributed by atoms with Crippen LogP contribution in [0.4, 0.5) is 5.69 Å². The summed E-state index contributed by atoms with van der Waals surface area (Å²) < 4.78 is 0. The Morgan fingerprint density at radius 3 is 2.62 bits per heavy atom. The third-order valence-electron chi connectivity index (χ3n) is 9.66. The molecule has 5 heteroatoms. The highest BCUT2D eigenvalue weighted by Crippen LogP contribution is 2.65. The molecule has 5 nitrogen and oxygen atoms in total. The summed E-state index contributed by atoms with van der Waals surface area (Å²) in [6.45, 7) is 2.26. The van der Waals surface area contributed by atoms with Crippen molar-refractivity contribution < 1.29 is 15.3 Å². The van der Waals surface area contributed by atoms with Gasteiger partial charge in [-0.25, -0.2) is 0 Å². The second-order valence-corrected chi connectivity index (χ2v) is 11.2. The average molecular weight is 439 g/mol. The standard InChI is InChI=1S/C27H38N2O3/c1-25-11-12-26(31)16-20-14-21(30)5-4-17(20)8-10-27(26,32)24(25)7-6-22(25)19-3-2-18(9-13-28)23(29)15-19/h2-3,6,9,13,15,17,20-21,24,30-32H,4-5,7-8,10-12,14,16,28-29H2,1H3/b13-9-/t17?,20?,21?,24?,25?,26?,27-/m0/s1. The van der Waals surface area contributed by atoms with Gasteiger partial charge in [-0.2, -0.15) is 0 Å². The van der Waals surface area contributed by atoms with Crippen LogP contribution in [0.5, 0.6) is 0 Å². The molecule has 32 heavy (non-hydrogen) atoms. The summed E-state index contributed by atoms with van der Waals surface area (Å²) >= 11 is 0. The Morgan fingerprint density at radius 1 is 1.06 bits per heavy atom. The molecule has 1 aromatic rings. The molecule has 3 fully saturated rings. The van der Waals surface area contributed by atoms with E-state index in [0.717, 1.165) is 49.7 Å². The Kier molecular flexibility index (Phi) is 5.23. The van der Waals surface area contributed by atoms with Crippen molar-refractivity contribution >= 4 is 17.3 Å². The number of fused-ring (bicyclic) bond motifs is 4. The van der Waals surface area contributed by atoms with E-state index in [9.17, 15) is 15.3 Å². The molecule has 0 heterocycles. The van der Waals surface area contributed by atoms with Crippen LogP contribution in [0.3, 0.4) is 0 Å². The van der Waals surface area contributed by atoms with Crippen LogP contribution in [-0.4, -0.2) is 32.6 Å². The summed E-state index contributed by atoms with van der Waals surface area (Å²) in [5, 5.41) is 34.4. The zero-order valence-electron chi connectivity index (χ0n) is 19.1. The molecule has 0 spiro atoms. The van der Waals surface area contributed by atoms with Crippen molar-refractivity contribution in [1.82, 2.24) is 0 Å². The Bertz CT molecular complexity index is 958. The summed E-state index contributed by atoms with van der Waals surface area (Å²) in [5.41, 5.74) is 13.4.